The lowest BCUT2D eigenvalue weighted by atomic mass is 10.1. The molecule has 1 unspecified atom stereocenters. The molecule has 1 aromatic carbocycles. The minimum Gasteiger partial charge on any atom is -0.497 e. The number of hydrogen-bond acceptors (Lipinski definition) is 4. The standard InChI is InChI=1S/C14H17NO2S/c1-10-13(6-7-17-10)18-14(9-15)11-4-3-5-12(8-11)16-2/h3-8,14H,9,15H2,1-2H3. The van der Waals surface area contributed by atoms with Gasteiger partial charge in [0.05, 0.1) is 13.4 Å². The van der Waals surface area contributed by atoms with Crippen LogP contribution in [0, 0.1) is 6.92 Å². The highest BCUT2D eigenvalue weighted by atomic mass is 32.2. The Balaban J connectivity index is 2.20. The van der Waals surface area contributed by atoms with Crippen LogP contribution in [-0.4, -0.2) is 13.7 Å². The summed E-state index contributed by atoms with van der Waals surface area (Å²) >= 11 is 1.72. The number of ether oxygens (including phenoxy) is 1. The summed E-state index contributed by atoms with van der Waals surface area (Å²) in [6, 6.07) is 10.00. The molecular weight excluding hydrogens is 246 g/mol. The van der Waals surface area contributed by atoms with Crippen molar-refractivity contribution < 1.29 is 9.15 Å². The molecule has 3 nitrogen and oxygen atoms in total. The topological polar surface area (TPSA) is 48.4 Å². The Morgan fingerprint density at radius 1 is 1.39 bits per heavy atom. The second kappa shape index (κ2) is 5.98. The lowest BCUT2D eigenvalue weighted by molar-refractivity contribution is 0.414. The summed E-state index contributed by atoms with van der Waals surface area (Å²) in [6.45, 7) is 2.53. The van der Waals surface area contributed by atoms with Crippen molar-refractivity contribution in [2.45, 2.75) is 17.1 Å². The first-order valence-corrected chi connectivity index (χ1v) is 6.67. The maximum atomic E-state index is 5.87. The fourth-order valence-corrected chi connectivity index (χ4v) is 2.78. The van der Waals surface area contributed by atoms with E-state index in [-0.39, 0.29) is 5.25 Å². The highest BCUT2D eigenvalue weighted by molar-refractivity contribution is 7.99. The smallest absolute Gasteiger partial charge is 0.119 e. The van der Waals surface area contributed by atoms with Crippen LogP contribution in [0.5, 0.6) is 5.75 Å². The molecule has 2 N–H and O–H groups in total. The van der Waals surface area contributed by atoms with Gasteiger partial charge in [-0.2, -0.15) is 0 Å². The maximum absolute atomic E-state index is 5.87. The summed E-state index contributed by atoms with van der Waals surface area (Å²) in [5.74, 6) is 1.79. The second-order valence-corrected chi connectivity index (χ2v) is 5.20. The zero-order valence-corrected chi connectivity index (χ0v) is 11.4. The van der Waals surface area contributed by atoms with Crippen molar-refractivity contribution in [3.05, 3.63) is 47.9 Å². The minimum atomic E-state index is 0.205. The molecule has 1 aromatic heterocycles. The molecule has 0 amide bonds. The van der Waals surface area contributed by atoms with Gasteiger partial charge in [-0.15, -0.1) is 11.8 Å². The van der Waals surface area contributed by atoms with E-state index in [2.05, 4.69) is 6.07 Å². The summed E-state index contributed by atoms with van der Waals surface area (Å²) in [5, 5.41) is 0.205. The van der Waals surface area contributed by atoms with Gasteiger partial charge in [0, 0.05) is 16.7 Å². The molecule has 4 heteroatoms. The van der Waals surface area contributed by atoms with Gasteiger partial charge in [0.15, 0.2) is 0 Å². The fourth-order valence-electron chi connectivity index (χ4n) is 1.74. The molecule has 2 aromatic rings. The van der Waals surface area contributed by atoms with Gasteiger partial charge in [-0.1, -0.05) is 12.1 Å². The monoisotopic (exact) mass is 263 g/mol. The molecule has 0 radical (unpaired) electrons. The minimum absolute atomic E-state index is 0.205. The normalized spacial score (nSPS) is 12.4. The third-order valence-corrected chi connectivity index (χ3v) is 4.19. The van der Waals surface area contributed by atoms with Gasteiger partial charge in [0.2, 0.25) is 0 Å². The van der Waals surface area contributed by atoms with E-state index in [9.17, 15) is 0 Å². The number of thioether (sulfide) groups is 1. The number of rotatable bonds is 5. The molecule has 0 aliphatic carbocycles. The second-order valence-electron chi connectivity index (χ2n) is 3.96. The number of furan rings is 1. The predicted octanol–water partition coefficient (Wildman–Crippen LogP) is 3.39. The molecule has 18 heavy (non-hydrogen) atoms. The van der Waals surface area contributed by atoms with Gasteiger partial charge in [0.1, 0.15) is 11.5 Å². The van der Waals surface area contributed by atoms with E-state index in [4.69, 9.17) is 14.9 Å². The van der Waals surface area contributed by atoms with Crippen molar-refractivity contribution in [2.75, 3.05) is 13.7 Å². The average Bonchev–Trinajstić information content (AvgIpc) is 2.81. The molecular formula is C14H17NO2S. The first-order valence-electron chi connectivity index (χ1n) is 5.79. The van der Waals surface area contributed by atoms with Gasteiger partial charge in [-0.25, -0.2) is 0 Å². The number of methoxy groups -OCH3 is 1. The number of hydrogen-bond donors (Lipinski definition) is 1. The van der Waals surface area contributed by atoms with Crippen LogP contribution in [0.4, 0.5) is 0 Å². The van der Waals surface area contributed by atoms with Crippen molar-refractivity contribution in [1.82, 2.24) is 0 Å². The summed E-state index contributed by atoms with van der Waals surface area (Å²) < 4.78 is 10.5. The van der Waals surface area contributed by atoms with Gasteiger partial charge in [0.25, 0.3) is 0 Å². The Bertz CT molecular complexity index is 510. The Hall–Kier alpha value is -1.39. The number of aryl methyl sites for hydroxylation is 1. The van der Waals surface area contributed by atoms with Crippen LogP contribution in [0.25, 0.3) is 0 Å². The van der Waals surface area contributed by atoms with Crippen molar-refractivity contribution in [3.63, 3.8) is 0 Å². The summed E-state index contributed by atoms with van der Waals surface area (Å²) in [4.78, 5) is 1.13. The molecule has 0 bridgehead atoms. The maximum Gasteiger partial charge on any atom is 0.119 e. The van der Waals surface area contributed by atoms with E-state index < -0.39 is 0 Å². The van der Waals surface area contributed by atoms with Crippen LogP contribution in [0.1, 0.15) is 16.6 Å². The summed E-state index contributed by atoms with van der Waals surface area (Å²) in [5.41, 5.74) is 7.04. The average molecular weight is 263 g/mol. The Morgan fingerprint density at radius 2 is 2.22 bits per heavy atom. The molecule has 1 heterocycles. The Kier molecular flexibility index (Phi) is 4.33. The third-order valence-electron chi connectivity index (χ3n) is 2.76. The Labute approximate surface area is 111 Å². The van der Waals surface area contributed by atoms with Crippen molar-refractivity contribution in [3.8, 4) is 5.75 Å². The van der Waals surface area contributed by atoms with E-state index in [1.807, 2.05) is 31.2 Å². The number of nitrogens with two attached hydrogens (primary N) is 1. The lowest BCUT2D eigenvalue weighted by Gasteiger charge is -2.15. The molecule has 0 aliphatic rings. The quantitative estimate of drug-likeness (QED) is 0.840. The molecule has 0 spiro atoms. The molecule has 0 saturated heterocycles. The first kappa shape index (κ1) is 13.1. The molecule has 1 atom stereocenters. The predicted molar refractivity (Wildman–Crippen MR) is 74.1 cm³/mol. The van der Waals surface area contributed by atoms with Crippen LogP contribution >= 0.6 is 11.8 Å². The highest BCUT2D eigenvalue weighted by Gasteiger charge is 2.14. The molecule has 0 aliphatic heterocycles. The van der Waals surface area contributed by atoms with Crippen molar-refractivity contribution in [2.24, 2.45) is 5.73 Å². The van der Waals surface area contributed by atoms with Gasteiger partial charge in [-0.05, 0) is 30.7 Å². The van der Waals surface area contributed by atoms with Gasteiger partial charge in [-0.3, -0.25) is 0 Å². The zero-order chi connectivity index (χ0) is 13.0. The third kappa shape index (κ3) is 2.89. The fraction of sp³-hybridized carbons (Fsp3) is 0.286. The zero-order valence-electron chi connectivity index (χ0n) is 10.6. The van der Waals surface area contributed by atoms with Crippen molar-refractivity contribution in [1.29, 1.82) is 0 Å². The van der Waals surface area contributed by atoms with Crippen LogP contribution in [0.15, 0.2) is 45.9 Å². The summed E-state index contributed by atoms with van der Waals surface area (Å²) in [6.07, 6.45) is 1.71. The van der Waals surface area contributed by atoms with E-state index in [0.717, 1.165) is 16.4 Å². The SMILES string of the molecule is COc1cccc(C(CN)Sc2ccoc2C)c1. The molecule has 0 saturated carbocycles. The van der Waals surface area contributed by atoms with Crippen LogP contribution < -0.4 is 10.5 Å². The van der Waals surface area contributed by atoms with E-state index >= 15 is 0 Å². The van der Waals surface area contributed by atoms with Crippen LogP contribution in [0.2, 0.25) is 0 Å². The largest absolute Gasteiger partial charge is 0.497 e. The van der Waals surface area contributed by atoms with Crippen LogP contribution in [0.3, 0.4) is 0 Å². The van der Waals surface area contributed by atoms with Gasteiger partial charge >= 0.3 is 0 Å². The molecule has 2 rings (SSSR count). The highest BCUT2D eigenvalue weighted by Crippen LogP contribution is 2.37. The summed E-state index contributed by atoms with van der Waals surface area (Å²) in [7, 11) is 1.67. The Morgan fingerprint density at radius 3 is 2.83 bits per heavy atom. The number of benzene rings is 1. The van der Waals surface area contributed by atoms with E-state index in [0.29, 0.717) is 6.54 Å². The van der Waals surface area contributed by atoms with Crippen molar-refractivity contribution >= 4 is 11.8 Å². The molecule has 0 fully saturated rings. The van der Waals surface area contributed by atoms with Crippen LogP contribution in [-0.2, 0) is 0 Å². The van der Waals surface area contributed by atoms with E-state index in [1.54, 1.807) is 25.1 Å². The molecule has 96 valence electrons. The van der Waals surface area contributed by atoms with Gasteiger partial charge < -0.3 is 14.9 Å². The lowest BCUT2D eigenvalue weighted by Crippen LogP contribution is -2.09. The van der Waals surface area contributed by atoms with E-state index in [1.165, 1.54) is 5.56 Å². The first-order chi connectivity index (χ1) is 8.74.